The number of aryl methyl sites for hydroxylation is 1. The van der Waals surface area contributed by atoms with Gasteiger partial charge in [0.2, 0.25) is 5.89 Å². The highest BCUT2D eigenvalue weighted by atomic mass is 32.2. The van der Waals surface area contributed by atoms with Crippen molar-refractivity contribution < 1.29 is 4.42 Å². The SMILES string of the molecule is CCCCc1ccc(-c2nnc(N=C(SC)SC)o2)cc1. The summed E-state index contributed by atoms with van der Waals surface area (Å²) in [6, 6.07) is 8.59. The quantitative estimate of drug-likeness (QED) is 0.585. The van der Waals surface area contributed by atoms with Gasteiger partial charge in [-0.1, -0.05) is 30.6 Å². The maximum absolute atomic E-state index is 5.59. The van der Waals surface area contributed by atoms with Crippen molar-refractivity contribution in [3.05, 3.63) is 29.8 Å². The first-order chi connectivity index (χ1) is 10.3. The number of benzene rings is 1. The minimum atomic E-state index is 0.304. The molecule has 2 aromatic rings. The zero-order valence-corrected chi connectivity index (χ0v) is 14.1. The zero-order chi connectivity index (χ0) is 15.1. The van der Waals surface area contributed by atoms with Crippen LogP contribution in [0.4, 0.5) is 6.01 Å². The second kappa shape index (κ2) is 8.24. The van der Waals surface area contributed by atoms with E-state index < -0.39 is 0 Å². The number of hydrogen-bond donors (Lipinski definition) is 0. The van der Waals surface area contributed by atoms with Crippen LogP contribution in [0.15, 0.2) is 33.7 Å². The Morgan fingerprint density at radius 2 is 1.86 bits per heavy atom. The maximum atomic E-state index is 5.59. The van der Waals surface area contributed by atoms with Crippen molar-refractivity contribution in [2.45, 2.75) is 26.2 Å². The molecule has 0 atom stereocenters. The molecule has 1 aromatic carbocycles. The lowest BCUT2D eigenvalue weighted by Crippen LogP contribution is -1.85. The molecule has 1 heterocycles. The predicted octanol–water partition coefficient (Wildman–Crippen LogP) is 4.79. The molecule has 0 aliphatic carbocycles. The lowest BCUT2D eigenvalue weighted by Gasteiger charge is -2.00. The largest absolute Gasteiger partial charge is 0.402 e. The summed E-state index contributed by atoms with van der Waals surface area (Å²) in [5, 5.41) is 8.03. The van der Waals surface area contributed by atoms with Gasteiger partial charge in [-0.2, -0.15) is 4.99 Å². The number of aliphatic imine (C=N–C) groups is 1. The normalized spacial score (nSPS) is 10.6. The summed E-state index contributed by atoms with van der Waals surface area (Å²) in [7, 11) is 0. The van der Waals surface area contributed by atoms with Gasteiger partial charge in [0.05, 0.1) is 0 Å². The molecule has 112 valence electrons. The molecule has 2 rings (SSSR count). The lowest BCUT2D eigenvalue weighted by atomic mass is 10.1. The maximum Gasteiger partial charge on any atom is 0.344 e. The number of thioether (sulfide) groups is 2. The van der Waals surface area contributed by atoms with Crippen molar-refractivity contribution in [3.63, 3.8) is 0 Å². The van der Waals surface area contributed by atoms with Crippen LogP contribution in [0.2, 0.25) is 0 Å². The van der Waals surface area contributed by atoms with Gasteiger partial charge in [0, 0.05) is 5.56 Å². The number of aromatic nitrogens is 2. The van der Waals surface area contributed by atoms with Crippen LogP contribution in [0.5, 0.6) is 0 Å². The molecule has 6 heteroatoms. The highest BCUT2D eigenvalue weighted by Crippen LogP contribution is 2.24. The van der Waals surface area contributed by atoms with Crippen LogP contribution in [0.3, 0.4) is 0 Å². The van der Waals surface area contributed by atoms with Crippen LogP contribution in [-0.2, 0) is 6.42 Å². The third-order valence-electron chi connectivity index (χ3n) is 2.97. The van der Waals surface area contributed by atoms with Crippen molar-refractivity contribution in [2.75, 3.05) is 12.5 Å². The Kier molecular flexibility index (Phi) is 6.32. The van der Waals surface area contributed by atoms with Crippen LogP contribution in [0.25, 0.3) is 11.5 Å². The fraction of sp³-hybridized carbons (Fsp3) is 0.400. The topological polar surface area (TPSA) is 51.3 Å². The van der Waals surface area contributed by atoms with Crippen molar-refractivity contribution in [2.24, 2.45) is 4.99 Å². The third kappa shape index (κ3) is 4.61. The van der Waals surface area contributed by atoms with E-state index in [-0.39, 0.29) is 0 Å². The Balaban J connectivity index is 2.12. The Bertz CT molecular complexity index is 587. The van der Waals surface area contributed by atoms with E-state index in [1.807, 2.05) is 24.6 Å². The molecule has 0 unspecified atom stereocenters. The van der Waals surface area contributed by atoms with Crippen LogP contribution >= 0.6 is 23.5 Å². The molecular formula is C15H19N3OS2. The summed E-state index contributed by atoms with van der Waals surface area (Å²) < 4.78 is 6.49. The fourth-order valence-electron chi connectivity index (χ4n) is 1.82. The van der Waals surface area contributed by atoms with Gasteiger partial charge >= 0.3 is 6.01 Å². The number of nitrogens with zero attached hydrogens (tertiary/aromatic N) is 3. The van der Waals surface area contributed by atoms with E-state index in [1.54, 1.807) is 23.5 Å². The van der Waals surface area contributed by atoms with E-state index >= 15 is 0 Å². The van der Waals surface area contributed by atoms with Gasteiger partial charge in [0.1, 0.15) is 4.38 Å². The summed E-state index contributed by atoms with van der Waals surface area (Å²) in [5.74, 6) is 0.511. The molecule has 0 aliphatic heterocycles. The zero-order valence-electron chi connectivity index (χ0n) is 12.5. The summed E-state index contributed by atoms with van der Waals surface area (Å²) >= 11 is 3.13. The minimum absolute atomic E-state index is 0.304. The van der Waals surface area contributed by atoms with Gasteiger partial charge in [-0.15, -0.1) is 28.6 Å². The fourth-order valence-corrected chi connectivity index (χ4v) is 2.83. The van der Waals surface area contributed by atoms with E-state index in [0.717, 1.165) is 16.4 Å². The number of unbranched alkanes of at least 4 members (excludes halogenated alkanes) is 1. The Morgan fingerprint density at radius 1 is 1.14 bits per heavy atom. The molecular weight excluding hydrogens is 302 g/mol. The molecule has 0 bridgehead atoms. The van der Waals surface area contributed by atoms with E-state index in [0.29, 0.717) is 11.9 Å². The molecule has 0 spiro atoms. The van der Waals surface area contributed by atoms with Crippen LogP contribution in [-0.4, -0.2) is 27.1 Å². The summed E-state index contributed by atoms with van der Waals surface area (Å²) in [6.45, 7) is 2.20. The minimum Gasteiger partial charge on any atom is -0.402 e. The molecule has 1 aromatic heterocycles. The third-order valence-corrected chi connectivity index (χ3v) is 4.85. The Hall–Kier alpha value is -1.27. The predicted molar refractivity (Wildman–Crippen MR) is 92.5 cm³/mol. The van der Waals surface area contributed by atoms with E-state index in [4.69, 9.17) is 4.42 Å². The Labute approximate surface area is 133 Å². The smallest absolute Gasteiger partial charge is 0.344 e. The molecule has 21 heavy (non-hydrogen) atoms. The van der Waals surface area contributed by atoms with Crippen molar-refractivity contribution in [1.82, 2.24) is 10.2 Å². The first-order valence-corrected chi connectivity index (χ1v) is 9.31. The average Bonchev–Trinajstić information content (AvgIpc) is 2.99. The van der Waals surface area contributed by atoms with Crippen LogP contribution in [0, 0.1) is 0 Å². The first kappa shape index (κ1) is 16.1. The van der Waals surface area contributed by atoms with E-state index in [1.165, 1.54) is 18.4 Å². The van der Waals surface area contributed by atoms with Crippen LogP contribution < -0.4 is 0 Å². The van der Waals surface area contributed by atoms with Gasteiger partial charge in [0.25, 0.3) is 0 Å². The van der Waals surface area contributed by atoms with Gasteiger partial charge in [-0.3, -0.25) is 0 Å². The standard InChI is InChI=1S/C15H19N3OS2/c1-4-5-6-11-7-9-12(10-8-11)13-17-18-14(19-13)16-15(20-2)21-3/h7-10H,4-6H2,1-3H3. The van der Waals surface area contributed by atoms with Crippen LogP contribution in [0.1, 0.15) is 25.3 Å². The highest BCUT2D eigenvalue weighted by Gasteiger charge is 2.08. The van der Waals surface area contributed by atoms with E-state index in [9.17, 15) is 0 Å². The molecule has 0 N–H and O–H groups in total. The second-order valence-corrected chi connectivity index (χ2v) is 6.32. The van der Waals surface area contributed by atoms with Gasteiger partial charge in [-0.05, 0) is 43.0 Å². The molecule has 0 amide bonds. The molecule has 0 fully saturated rings. The molecule has 0 aliphatic rings. The molecule has 4 nitrogen and oxygen atoms in total. The first-order valence-electron chi connectivity index (χ1n) is 6.86. The lowest BCUT2D eigenvalue weighted by molar-refractivity contribution is 0.580. The van der Waals surface area contributed by atoms with Gasteiger partial charge < -0.3 is 4.42 Å². The number of hydrogen-bond acceptors (Lipinski definition) is 6. The van der Waals surface area contributed by atoms with E-state index in [2.05, 4.69) is 34.2 Å². The molecule has 0 radical (unpaired) electrons. The number of rotatable bonds is 5. The average molecular weight is 321 g/mol. The second-order valence-electron chi connectivity index (χ2n) is 4.48. The molecule has 0 saturated heterocycles. The van der Waals surface area contributed by atoms with Gasteiger partial charge in [0.15, 0.2) is 0 Å². The highest BCUT2D eigenvalue weighted by molar-refractivity contribution is 8.38. The van der Waals surface area contributed by atoms with Crippen molar-refractivity contribution in [1.29, 1.82) is 0 Å². The molecule has 0 saturated carbocycles. The summed E-state index contributed by atoms with van der Waals surface area (Å²) in [5.41, 5.74) is 2.27. The van der Waals surface area contributed by atoms with Crippen molar-refractivity contribution >= 4 is 33.9 Å². The summed E-state index contributed by atoms with van der Waals surface area (Å²) in [6.07, 6.45) is 7.48. The van der Waals surface area contributed by atoms with Gasteiger partial charge in [-0.25, -0.2) is 0 Å². The van der Waals surface area contributed by atoms with Crippen molar-refractivity contribution in [3.8, 4) is 11.5 Å². The monoisotopic (exact) mass is 321 g/mol. The summed E-state index contributed by atoms with van der Waals surface area (Å²) in [4.78, 5) is 4.30. The Morgan fingerprint density at radius 3 is 2.48 bits per heavy atom.